The normalized spacial score (nSPS) is 18.4. The minimum atomic E-state index is -3.71. The molecule has 0 saturated carbocycles. The Bertz CT molecular complexity index is 840. The maximum Gasteiger partial charge on any atom is 0.243 e. The second-order valence-electron chi connectivity index (χ2n) is 5.91. The molecule has 1 unspecified atom stereocenters. The second kappa shape index (κ2) is 8.10. The maximum atomic E-state index is 13.0. The van der Waals surface area contributed by atoms with Crippen LogP contribution in [-0.4, -0.2) is 44.2 Å². The third-order valence-electron chi connectivity index (χ3n) is 4.12. The van der Waals surface area contributed by atoms with Crippen LogP contribution >= 0.6 is 12.4 Å². The van der Waals surface area contributed by atoms with Crippen molar-refractivity contribution in [2.45, 2.75) is 17.9 Å². The fraction of sp³-hybridized carbons (Fsp3) is 0.278. The summed E-state index contributed by atoms with van der Waals surface area (Å²) >= 11 is 0. The number of hydrogen-bond donors (Lipinski definition) is 1. The number of rotatable bonds is 4. The van der Waals surface area contributed by atoms with Crippen molar-refractivity contribution in [1.29, 1.82) is 0 Å². The highest BCUT2D eigenvalue weighted by Gasteiger charge is 2.31. The van der Waals surface area contributed by atoms with Crippen LogP contribution in [0.4, 0.5) is 0 Å². The Labute approximate surface area is 154 Å². The monoisotopic (exact) mass is 380 g/mol. The van der Waals surface area contributed by atoms with Crippen LogP contribution in [0.3, 0.4) is 0 Å². The SMILES string of the molecule is CC1CN(S(=O)(=O)c2ccccc2C(=O)c2ccccc2)CCN1.Cl. The van der Waals surface area contributed by atoms with Gasteiger partial charge in [-0.15, -0.1) is 12.4 Å². The highest BCUT2D eigenvalue weighted by atomic mass is 35.5. The molecule has 0 amide bonds. The van der Waals surface area contributed by atoms with Crippen molar-refractivity contribution in [3.63, 3.8) is 0 Å². The summed E-state index contributed by atoms with van der Waals surface area (Å²) in [5.41, 5.74) is 0.698. The van der Waals surface area contributed by atoms with Gasteiger partial charge in [0.05, 0.1) is 4.90 Å². The van der Waals surface area contributed by atoms with Crippen molar-refractivity contribution in [1.82, 2.24) is 9.62 Å². The molecule has 1 saturated heterocycles. The van der Waals surface area contributed by atoms with E-state index in [0.29, 0.717) is 25.2 Å². The average molecular weight is 381 g/mol. The van der Waals surface area contributed by atoms with Gasteiger partial charge in [-0.05, 0) is 19.1 Å². The molecule has 1 atom stereocenters. The molecule has 0 aliphatic carbocycles. The quantitative estimate of drug-likeness (QED) is 0.826. The van der Waals surface area contributed by atoms with E-state index in [1.807, 2.05) is 13.0 Å². The van der Waals surface area contributed by atoms with Crippen molar-refractivity contribution in [2.75, 3.05) is 19.6 Å². The number of nitrogens with one attached hydrogen (secondary N) is 1. The van der Waals surface area contributed by atoms with Crippen LogP contribution in [0, 0.1) is 0 Å². The van der Waals surface area contributed by atoms with Crippen LogP contribution < -0.4 is 5.32 Å². The Balaban J connectivity index is 0.00000225. The zero-order valence-electron chi connectivity index (χ0n) is 13.9. The summed E-state index contributed by atoms with van der Waals surface area (Å²) in [6.45, 7) is 3.36. The molecule has 2 aromatic rings. The number of ketones is 1. The molecule has 1 N–H and O–H groups in total. The first-order valence-corrected chi connectivity index (χ1v) is 9.36. The average Bonchev–Trinajstić information content (AvgIpc) is 2.62. The van der Waals surface area contributed by atoms with Crippen LogP contribution in [0.25, 0.3) is 0 Å². The number of hydrogen-bond acceptors (Lipinski definition) is 4. The number of piperazine rings is 1. The van der Waals surface area contributed by atoms with Crippen molar-refractivity contribution < 1.29 is 13.2 Å². The topological polar surface area (TPSA) is 66.5 Å². The first kappa shape index (κ1) is 19.6. The van der Waals surface area contributed by atoms with Crippen molar-refractivity contribution in [3.8, 4) is 0 Å². The van der Waals surface area contributed by atoms with E-state index < -0.39 is 10.0 Å². The fourth-order valence-corrected chi connectivity index (χ4v) is 4.60. The Morgan fingerprint density at radius 2 is 1.72 bits per heavy atom. The molecule has 25 heavy (non-hydrogen) atoms. The third kappa shape index (κ3) is 4.10. The zero-order chi connectivity index (χ0) is 17.2. The molecule has 0 aromatic heterocycles. The second-order valence-corrected chi connectivity index (χ2v) is 7.82. The Morgan fingerprint density at radius 1 is 1.08 bits per heavy atom. The largest absolute Gasteiger partial charge is 0.312 e. The van der Waals surface area contributed by atoms with Gasteiger partial charge in [-0.3, -0.25) is 4.79 Å². The van der Waals surface area contributed by atoms with Crippen LogP contribution in [0.15, 0.2) is 59.5 Å². The van der Waals surface area contributed by atoms with Gasteiger partial charge in [0.1, 0.15) is 0 Å². The van der Waals surface area contributed by atoms with Gasteiger partial charge in [0, 0.05) is 36.8 Å². The molecule has 1 aliphatic heterocycles. The minimum absolute atomic E-state index is 0. The molecule has 0 radical (unpaired) electrons. The van der Waals surface area contributed by atoms with Crippen molar-refractivity contribution in [3.05, 3.63) is 65.7 Å². The molecular formula is C18H21ClN2O3S. The van der Waals surface area contributed by atoms with Gasteiger partial charge >= 0.3 is 0 Å². The van der Waals surface area contributed by atoms with Gasteiger partial charge in [-0.25, -0.2) is 8.42 Å². The summed E-state index contributed by atoms with van der Waals surface area (Å²) in [5, 5.41) is 3.23. The fourth-order valence-electron chi connectivity index (χ4n) is 2.88. The predicted molar refractivity (Wildman–Crippen MR) is 99.8 cm³/mol. The minimum Gasteiger partial charge on any atom is -0.312 e. The summed E-state index contributed by atoms with van der Waals surface area (Å²) in [7, 11) is -3.71. The lowest BCUT2D eigenvalue weighted by atomic mass is 10.0. The molecule has 0 bridgehead atoms. The van der Waals surface area contributed by atoms with Crippen LogP contribution in [0.2, 0.25) is 0 Å². The molecule has 2 aromatic carbocycles. The number of halogens is 1. The van der Waals surface area contributed by atoms with Gasteiger partial charge in [-0.2, -0.15) is 4.31 Å². The van der Waals surface area contributed by atoms with E-state index in [4.69, 9.17) is 0 Å². The van der Waals surface area contributed by atoms with E-state index in [1.54, 1.807) is 42.5 Å². The first-order valence-electron chi connectivity index (χ1n) is 7.92. The number of sulfonamides is 1. The summed E-state index contributed by atoms with van der Waals surface area (Å²) < 4.78 is 27.5. The summed E-state index contributed by atoms with van der Waals surface area (Å²) in [5.74, 6) is -0.280. The van der Waals surface area contributed by atoms with E-state index >= 15 is 0 Å². The summed E-state index contributed by atoms with van der Waals surface area (Å²) in [4.78, 5) is 12.8. The van der Waals surface area contributed by atoms with Crippen LogP contribution in [0.1, 0.15) is 22.8 Å². The van der Waals surface area contributed by atoms with Crippen LogP contribution in [0.5, 0.6) is 0 Å². The van der Waals surface area contributed by atoms with Gasteiger partial charge in [0.25, 0.3) is 0 Å². The van der Waals surface area contributed by atoms with Crippen molar-refractivity contribution >= 4 is 28.2 Å². The lowest BCUT2D eigenvalue weighted by molar-refractivity contribution is 0.103. The van der Waals surface area contributed by atoms with Crippen LogP contribution in [-0.2, 0) is 10.0 Å². The van der Waals surface area contributed by atoms with E-state index in [1.165, 1.54) is 10.4 Å². The van der Waals surface area contributed by atoms with Gasteiger partial charge in [0.2, 0.25) is 10.0 Å². The van der Waals surface area contributed by atoms with E-state index in [2.05, 4.69) is 5.32 Å². The predicted octanol–water partition coefficient (Wildman–Crippen LogP) is 2.32. The molecule has 1 aliphatic rings. The number of carbonyl (C=O) groups is 1. The third-order valence-corrected chi connectivity index (χ3v) is 6.04. The highest BCUT2D eigenvalue weighted by Crippen LogP contribution is 2.23. The highest BCUT2D eigenvalue weighted by molar-refractivity contribution is 7.89. The lowest BCUT2D eigenvalue weighted by Gasteiger charge is -2.31. The van der Waals surface area contributed by atoms with Crippen molar-refractivity contribution in [2.24, 2.45) is 0 Å². The standard InChI is InChI=1S/C18H20N2O3S.ClH/c1-14-13-20(12-11-19-14)24(22,23)17-10-6-5-9-16(17)18(21)15-7-3-2-4-8-15;/h2-10,14,19H,11-13H2,1H3;1H. The molecule has 134 valence electrons. The summed E-state index contributed by atoms with van der Waals surface area (Å²) in [6, 6.07) is 15.3. The molecule has 1 fully saturated rings. The van der Waals surface area contributed by atoms with Gasteiger partial charge in [-0.1, -0.05) is 42.5 Å². The Morgan fingerprint density at radius 3 is 2.40 bits per heavy atom. The first-order chi connectivity index (χ1) is 11.5. The molecule has 7 heteroatoms. The molecular weight excluding hydrogens is 360 g/mol. The van der Waals surface area contributed by atoms with E-state index in [-0.39, 0.29) is 34.7 Å². The van der Waals surface area contributed by atoms with E-state index in [0.717, 1.165) is 0 Å². The maximum absolute atomic E-state index is 13.0. The smallest absolute Gasteiger partial charge is 0.243 e. The Hall–Kier alpha value is -1.73. The molecule has 0 spiro atoms. The number of nitrogens with zero attached hydrogens (tertiary/aromatic N) is 1. The van der Waals surface area contributed by atoms with Gasteiger partial charge < -0.3 is 5.32 Å². The summed E-state index contributed by atoms with van der Waals surface area (Å²) in [6.07, 6.45) is 0. The van der Waals surface area contributed by atoms with E-state index in [9.17, 15) is 13.2 Å². The zero-order valence-corrected chi connectivity index (χ0v) is 15.5. The lowest BCUT2D eigenvalue weighted by Crippen LogP contribution is -2.51. The van der Waals surface area contributed by atoms with Gasteiger partial charge in [0.15, 0.2) is 5.78 Å². The number of benzene rings is 2. The Kier molecular flexibility index (Phi) is 6.35. The molecule has 3 rings (SSSR count). The molecule has 1 heterocycles. The molecule has 5 nitrogen and oxygen atoms in total. The number of carbonyl (C=O) groups excluding carboxylic acids is 1.